The summed E-state index contributed by atoms with van der Waals surface area (Å²) in [7, 11) is 1.91. The van der Waals surface area contributed by atoms with E-state index in [1.807, 2.05) is 86.7 Å². The van der Waals surface area contributed by atoms with E-state index in [1.54, 1.807) is 4.90 Å². The highest BCUT2D eigenvalue weighted by Crippen LogP contribution is 2.23. The number of nitrogens with zero attached hydrogens (tertiary/aromatic N) is 1. The Hall–Kier alpha value is -3.34. The molecule has 1 fully saturated rings. The zero-order valence-corrected chi connectivity index (χ0v) is 23.6. The van der Waals surface area contributed by atoms with Crippen LogP contribution in [-0.4, -0.2) is 78.1 Å². The number of hydrogen-bond donors (Lipinski definition) is 3. The lowest BCUT2D eigenvalue weighted by Gasteiger charge is -2.24. The van der Waals surface area contributed by atoms with E-state index < -0.39 is 5.60 Å². The minimum atomic E-state index is -0.463. The van der Waals surface area contributed by atoms with Crippen molar-refractivity contribution in [2.45, 2.75) is 85.7 Å². The summed E-state index contributed by atoms with van der Waals surface area (Å²) in [6.07, 6.45) is 0.584. The van der Waals surface area contributed by atoms with Gasteiger partial charge in [-0.25, -0.2) is 4.79 Å². The summed E-state index contributed by atoms with van der Waals surface area (Å²) < 4.78 is 16.0. The Kier molecular flexibility index (Phi) is 22.6. The van der Waals surface area contributed by atoms with Crippen molar-refractivity contribution in [1.29, 1.82) is 0 Å². The van der Waals surface area contributed by atoms with Crippen LogP contribution in [-0.2, 0) is 30.4 Å². The van der Waals surface area contributed by atoms with E-state index in [-0.39, 0.29) is 30.7 Å². The summed E-state index contributed by atoms with van der Waals surface area (Å²) in [5.74, 6) is 0.882. The average molecular weight is 531 g/mol. The fourth-order valence-electron chi connectivity index (χ4n) is 2.60. The standard InChI is InChI=1S/C17H26N2O3.C5H10O2.C2H6.2CH2O2/c1-17(2,3)22-16(20)19-10-9-14(12-19)21-15-8-6-5-7-13(15)11-18-4;1-5(2,3)7-4-6;1-2;2*2-1-3/h5-8,14,18H,9-12H2,1-4H3;4H,1-3H3;1-2H3;2*1H,(H,2,3). The van der Waals surface area contributed by atoms with Gasteiger partial charge in [-0.05, 0) is 54.7 Å². The zero-order chi connectivity index (χ0) is 29.5. The van der Waals surface area contributed by atoms with Gasteiger partial charge in [0.05, 0.1) is 6.54 Å². The molecule has 1 heterocycles. The number of carboxylic acid groups (broad SMARTS) is 2. The van der Waals surface area contributed by atoms with Crippen LogP contribution in [0.4, 0.5) is 4.79 Å². The molecule has 3 N–H and O–H groups in total. The SMILES string of the molecule is CC.CC(C)(C)OC=O.CNCc1ccccc1OC1CCN(C(=O)OC(C)(C)C)C1.O=CO.O=CO. The molecular formula is C26H46N2O9. The second kappa shape index (κ2) is 21.9. The van der Waals surface area contributed by atoms with Crippen molar-refractivity contribution in [1.82, 2.24) is 10.2 Å². The highest BCUT2D eigenvalue weighted by Gasteiger charge is 2.31. The minimum Gasteiger partial charge on any atom is -0.488 e. The fraction of sp³-hybridized carbons (Fsp3) is 0.615. The summed E-state index contributed by atoms with van der Waals surface area (Å²) in [5.41, 5.74) is 0.345. The third kappa shape index (κ3) is 22.8. The van der Waals surface area contributed by atoms with Crippen molar-refractivity contribution in [3.63, 3.8) is 0 Å². The molecule has 2 rings (SSSR count). The van der Waals surface area contributed by atoms with Gasteiger partial charge >= 0.3 is 6.09 Å². The molecule has 1 aliphatic rings. The van der Waals surface area contributed by atoms with Crippen molar-refractivity contribution >= 4 is 25.5 Å². The van der Waals surface area contributed by atoms with Gasteiger partial charge in [0.2, 0.25) is 0 Å². The van der Waals surface area contributed by atoms with Crippen molar-refractivity contribution in [2.24, 2.45) is 0 Å². The molecule has 1 atom stereocenters. The third-order valence-electron chi connectivity index (χ3n) is 3.83. The topological polar surface area (TPSA) is 152 Å². The Bertz CT molecular complexity index is 738. The third-order valence-corrected chi connectivity index (χ3v) is 3.83. The molecule has 1 unspecified atom stereocenters. The lowest BCUT2D eigenvalue weighted by Crippen LogP contribution is -2.36. The highest BCUT2D eigenvalue weighted by atomic mass is 16.6. The Morgan fingerprint density at radius 3 is 1.95 bits per heavy atom. The van der Waals surface area contributed by atoms with Crippen LogP contribution in [0.2, 0.25) is 0 Å². The number of benzene rings is 1. The van der Waals surface area contributed by atoms with Gasteiger partial charge in [0.25, 0.3) is 19.4 Å². The van der Waals surface area contributed by atoms with E-state index in [1.165, 1.54) is 0 Å². The second-order valence-electron chi connectivity index (χ2n) is 9.13. The van der Waals surface area contributed by atoms with Crippen molar-refractivity contribution < 1.29 is 43.6 Å². The van der Waals surface area contributed by atoms with Gasteiger partial charge in [-0.3, -0.25) is 14.4 Å². The Labute approximate surface area is 221 Å². The van der Waals surface area contributed by atoms with E-state index in [0.29, 0.717) is 19.6 Å². The van der Waals surface area contributed by atoms with Gasteiger partial charge in [0.15, 0.2) is 0 Å². The first-order valence-electron chi connectivity index (χ1n) is 11.9. The van der Waals surface area contributed by atoms with Gasteiger partial charge in [-0.1, -0.05) is 32.0 Å². The smallest absolute Gasteiger partial charge is 0.410 e. The van der Waals surface area contributed by atoms with Gasteiger partial charge in [-0.15, -0.1) is 0 Å². The van der Waals surface area contributed by atoms with E-state index in [9.17, 15) is 9.59 Å². The van der Waals surface area contributed by atoms with E-state index in [4.69, 9.17) is 29.3 Å². The predicted octanol–water partition coefficient (Wildman–Crippen LogP) is 4.18. The maximum absolute atomic E-state index is 12.1. The molecule has 0 saturated carbocycles. The van der Waals surface area contributed by atoms with Gasteiger partial charge < -0.3 is 34.6 Å². The van der Waals surface area contributed by atoms with Crippen LogP contribution in [0.15, 0.2) is 24.3 Å². The molecule has 1 saturated heterocycles. The van der Waals surface area contributed by atoms with Crippen molar-refractivity contribution in [2.75, 3.05) is 20.1 Å². The quantitative estimate of drug-likeness (QED) is 0.473. The summed E-state index contributed by atoms with van der Waals surface area (Å²) in [6.45, 7) is 17.1. The molecule has 214 valence electrons. The summed E-state index contributed by atoms with van der Waals surface area (Å²) in [6, 6.07) is 7.99. The van der Waals surface area contributed by atoms with Crippen LogP contribution in [0.1, 0.15) is 67.4 Å². The normalized spacial score (nSPS) is 13.8. The molecule has 1 aromatic rings. The van der Waals surface area contributed by atoms with E-state index in [2.05, 4.69) is 10.1 Å². The maximum atomic E-state index is 12.1. The summed E-state index contributed by atoms with van der Waals surface area (Å²) in [5, 5.41) is 16.9. The maximum Gasteiger partial charge on any atom is 0.410 e. The number of ether oxygens (including phenoxy) is 3. The zero-order valence-electron chi connectivity index (χ0n) is 23.6. The highest BCUT2D eigenvalue weighted by molar-refractivity contribution is 5.68. The first kappa shape index (κ1) is 38.2. The Morgan fingerprint density at radius 2 is 1.54 bits per heavy atom. The van der Waals surface area contributed by atoms with Crippen molar-refractivity contribution in [3.05, 3.63) is 29.8 Å². The summed E-state index contributed by atoms with van der Waals surface area (Å²) in [4.78, 5) is 40.1. The van der Waals surface area contributed by atoms with E-state index >= 15 is 0 Å². The monoisotopic (exact) mass is 530 g/mol. The first-order valence-corrected chi connectivity index (χ1v) is 11.9. The molecule has 11 nitrogen and oxygen atoms in total. The molecule has 1 amide bonds. The second-order valence-corrected chi connectivity index (χ2v) is 9.13. The first-order chi connectivity index (χ1) is 17.3. The number of rotatable bonds is 5. The fourth-order valence-corrected chi connectivity index (χ4v) is 2.60. The van der Waals surface area contributed by atoms with Crippen LogP contribution < -0.4 is 10.1 Å². The Morgan fingerprint density at radius 1 is 1.03 bits per heavy atom. The molecule has 1 aromatic carbocycles. The lowest BCUT2D eigenvalue weighted by molar-refractivity contribution is -0.138. The minimum absolute atomic E-state index is 0.0190. The molecule has 37 heavy (non-hydrogen) atoms. The molecule has 0 aromatic heterocycles. The molecular weight excluding hydrogens is 484 g/mol. The molecule has 1 aliphatic heterocycles. The number of carbonyl (C=O) groups excluding carboxylic acids is 2. The van der Waals surface area contributed by atoms with E-state index in [0.717, 1.165) is 24.3 Å². The van der Waals surface area contributed by atoms with Crippen LogP contribution in [0, 0.1) is 0 Å². The van der Waals surface area contributed by atoms with Gasteiger partial charge in [-0.2, -0.15) is 0 Å². The molecule has 0 bridgehead atoms. The number of amides is 1. The van der Waals surface area contributed by atoms with Gasteiger partial charge in [0, 0.05) is 25.1 Å². The molecule has 0 aliphatic carbocycles. The average Bonchev–Trinajstić information content (AvgIpc) is 3.25. The van der Waals surface area contributed by atoms with Crippen LogP contribution in [0.5, 0.6) is 5.75 Å². The number of likely N-dealkylation sites (tertiary alicyclic amines) is 1. The number of hydrogen-bond acceptors (Lipinski definition) is 8. The lowest BCUT2D eigenvalue weighted by atomic mass is 10.2. The van der Waals surface area contributed by atoms with Gasteiger partial charge in [0.1, 0.15) is 23.1 Å². The van der Waals surface area contributed by atoms with Crippen LogP contribution >= 0.6 is 0 Å². The van der Waals surface area contributed by atoms with Crippen molar-refractivity contribution in [3.8, 4) is 5.75 Å². The summed E-state index contributed by atoms with van der Waals surface area (Å²) >= 11 is 0. The molecule has 11 heteroatoms. The van der Waals surface area contributed by atoms with Crippen LogP contribution in [0.3, 0.4) is 0 Å². The number of para-hydroxylation sites is 1. The molecule has 0 radical (unpaired) electrons. The number of nitrogens with one attached hydrogen (secondary N) is 1. The number of carbonyl (C=O) groups is 4. The largest absolute Gasteiger partial charge is 0.488 e. The predicted molar refractivity (Wildman–Crippen MR) is 142 cm³/mol. The van der Waals surface area contributed by atoms with Crippen LogP contribution in [0.25, 0.3) is 0 Å². The Balaban J connectivity index is -0.000000639. The molecule has 0 spiro atoms.